The molecule has 1 atom stereocenters. The molecule has 5 nitrogen and oxygen atoms in total. The van der Waals surface area contributed by atoms with E-state index in [2.05, 4.69) is 0 Å². The van der Waals surface area contributed by atoms with Crippen LogP contribution in [0.25, 0.3) is 22.9 Å². The van der Waals surface area contributed by atoms with E-state index in [1.54, 1.807) is 56.5 Å². The Labute approximate surface area is 192 Å². The number of carbonyl (C=O) groups is 1. The zero-order valence-corrected chi connectivity index (χ0v) is 18.4. The summed E-state index contributed by atoms with van der Waals surface area (Å²) in [6, 6.07) is 23.0. The molecule has 0 radical (unpaired) electrons. The fraction of sp³-hybridized carbons (Fsp3) is 0.107. The Morgan fingerprint density at radius 2 is 1.45 bits per heavy atom. The molecule has 166 valence electrons. The molecule has 0 amide bonds. The van der Waals surface area contributed by atoms with Gasteiger partial charge in [0.25, 0.3) is 0 Å². The molecule has 0 aliphatic rings. The van der Waals surface area contributed by atoms with Crippen molar-refractivity contribution in [2.45, 2.75) is 12.8 Å². The molecule has 4 aromatic rings. The van der Waals surface area contributed by atoms with E-state index in [4.69, 9.17) is 9.47 Å². The van der Waals surface area contributed by atoms with Crippen LogP contribution in [0.3, 0.4) is 0 Å². The van der Waals surface area contributed by atoms with Gasteiger partial charge in [-0.1, -0.05) is 48.6 Å². The third-order valence-electron chi connectivity index (χ3n) is 5.42. The van der Waals surface area contributed by atoms with Crippen molar-refractivity contribution in [2.24, 2.45) is 0 Å². The molecule has 2 N–H and O–H groups in total. The van der Waals surface area contributed by atoms with Gasteiger partial charge in [0, 0.05) is 6.07 Å². The molecule has 0 saturated carbocycles. The highest BCUT2D eigenvalue weighted by Gasteiger charge is 2.18. The lowest BCUT2D eigenvalue weighted by Gasteiger charge is -2.13. The third kappa shape index (κ3) is 5.33. The van der Waals surface area contributed by atoms with E-state index in [9.17, 15) is 15.0 Å². The van der Waals surface area contributed by atoms with Crippen molar-refractivity contribution >= 4 is 28.9 Å². The maximum absolute atomic E-state index is 12.8. The van der Waals surface area contributed by atoms with Gasteiger partial charge in [-0.2, -0.15) is 0 Å². The number of ether oxygens (including phenoxy) is 2. The average molecular weight is 440 g/mol. The molecule has 5 heteroatoms. The summed E-state index contributed by atoms with van der Waals surface area (Å²) >= 11 is 0. The summed E-state index contributed by atoms with van der Waals surface area (Å²) in [5.41, 5.74) is 2.40. The van der Waals surface area contributed by atoms with Gasteiger partial charge in [-0.05, 0) is 70.8 Å². The fourth-order valence-corrected chi connectivity index (χ4v) is 3.52. The van der Waals surface area contributed by atoms with Crippen LogP contribution in [0.4, 0.5) is 0 Å². The van der Waals surface area contributed by atoms with Crippen LogP contribution in [0.2, 0.25) is 0 Å². The van der Waals surface area contributed by atoms with E-state index in [0.29, 0.717) is 5.56 Å². The molecule has 0 aliphatic heterocycles. The lowest BCUT2D eigenvalue weighted by Crippen LogP contribution is -2.16. The number of fused-ring (bicyclic) bond motifs is 1. The molecule has 4 aromatic carbocycles. The number of methoxy groups -OCH3 is 1. The van der Waals surface area contributed by atoms with Gasteiger partial charge in [-0.25, -0.2) is 0 Å². The Bertz CT molecular complexity index is 1320. The normalized spacial score (nSPS) is 12.1. The Morgan fingerprint density at radius 1 is 0.758 bits per heavy atom. The van der Waals surface area contributed by atoms with Gasteiger partial charge in [0.05, 0.1) is 13.0 Å². The molecule has 4 rings (SSSR count). The topological polar surface area (TPSA) is 76.0 Å². The Hall–Kier alpha value is -4.25. The molecular weight excluding hydrogens is 416 g/mol. The minimum absolute atomic E-state index is 0.00189. The van der Waals surface area contributed by atoms with Crippen LogP contribution in [0.1, 0.15) is 29.5 Å². The maximum atomic E-state index is 12.8. The number of hydrogen-bond acceptors (Lipinski definition) is 5. The number of rotatable bonds is 6. The van der Waals surface area contributed by atoms with Gasteiger partial charge in [-0.3, -0.25) is 4.79 Å². The molecule has 0 fully saturated rings. The molecule has 0 aromatic heterocycles. The Kier molecular flexibility index (Phi) is 6.31. The molecule has 0 saturated heterocycles. The van der Waals surface area contributed by atoms with Crippen molar-refractivity contribution < 1.29 is 24.5 Å². The number of benzene rings is 4. The number of esters is 1. The number of hydrogen-bond donors (Lipinski definition) is 2. The van der Waals surface area contributed by atoms with Crippen molar-refractivity contribution in [3.8, 4) is 23.0 Å². The highest BCUT2D eigenvalue weighted by Crippen LogP contribution is 2.28. The summed E-state index contributed by atoms with van der Waals surface area (Å²) in [7, 11) is 1.63. The summed E-state index contributed by atoms with van der Waals surface area (Å²) in [5.74, 6) is 0.332. The van der Waals surface area contributed by atoms with Gasteiger partial charge in [-0.15, -0.1) is 0 Å². The van der Waals surface area contributed by atoms with E-state index < -0.39 is 11.9 Å². The summed E-state index contributed by atoms with van der Waals surface area (Å²) < 4.78 is 10.8. The SMILES string of the molecule is COc1ccc2cc(C(C)C(=O)Oc3cc(O)cc(C=Cc4ccc(O)cc4)c3)ccc2c1. The summed E-state index contributed by atoms with van der Waals surface area (Å²) in [6.07, 6.45) is 3.64. The van der Waals surface area contributed by atoms with Crippen LogP contribution in [-0.4, -0.2) is 23.3 Å². The van der Waals surface area contributed by atoms with Crippen molar-refractivity contribution in [1.29, 1.82) is 0 Å². The van der Waals surface area contributed by atoms with Gasteiger partial charge in [0.15, 0.2) is 0 Å². The molecule has 0 heterocycles. The first-order chi connectivity index (χ1) is 15.9. The van der Waals surface area contributed by atoms with Crippen LogP contribution in [-0.2, 0) is 4.79 Å². The lowest BCUT2D eigenvalue weighted by atomic mass is 9.98. The smallest absolute Gasteiger partial charge is 0.318 e. The first-order valence-electron chi connectivity index (χ1n) is 10.5. The van der Waals surface area contributed by atoms with Gasteiger partial charge in [0.2, 0.25) is 0 Å². The van der Waals surface area contributed by atoms with Crippen molar-refractivity contribution in [3.63, 3.8) is 0 Å². The van der Waals surface area contributed by atoms with E-state index in [1.807, 2.05) is 42.5 Å². The second kappa shape index (κ2) is 9.49. The largest absolute Gasteiger partial charge is 0.508 e. The number of carbonyl (C=O) groups excluding carboxylic acids is 1. The quantitative estimate of drug-likeness (QED) is 0.214. The Morgan fingerprint density at radius 3 is 2.21 bits per heavy atom. The highest BCUT2D eigenvalue weighted by atomic mass is 16.5. The van der Waals surface area contributed by atoms with Crippen molar-refractivity contribution in [3.05, 3.63) is 95.6 Å². The number of phenolic OH excluding ortho intramolecular Hbond substituents is 2. The summed E-state index contributed by atoms with van der Waals surface area (Å²) in [4.78, 5) is 12.8. The molecule has 33 heavy (non-hydrogen) atoms. The van der Waals surface area contributed by atoms with E-state index in [1.165, 1.54) is 6.07 Å². The first kappa shape index (κ1) is 22.0. The Balaban J connectivity index is 1.50. The van der Waals surface area contributed by atoms with Gasteiger partial charge >= 0.3 is 5.97 Å². The molecule has 0 bridgehead atoms. The monoisotopic (exact) mass is 440 g/mol. The van der Waals surface area contributed by atoms with E-state index >= 15 is 0 Å². The van der Waals surface area contributed by atoms with Crippen LogP contribution in [0, 0.1) is 0 Å². The first-order valence-corrected chi connectivity index (χ1v) is 10.5. The van der Waals surface area contributed by atoms with E-state index in [-0.39, 0.29) is 17.2 Å². The van der Waals surface area contributed by atoms with Crippen molar-refractivity contribution in [1.82, 2.24) is 0 Å². The van der Waals surface area contributed by atoms with Crippen LogP contribution in [0.15, 0.2) is 78.9 Å². The average Bonchev–Trinajstić information content (AvgIpc) is 2.82. The predicted molar refractivity (Wildman–Crippen MR) is 130 cm³/mol. The van der Waals surface area contributed by atoms with E-state index in [0.717, 1.165) is 27.6 Å². The molecule has 1 unspecified atom stereocenters. The molecule has 0 spiro atoms. The van der Waals surface area contributed by atoms with Gasteiger partial charge < -0.3 is 19.7 Å². The fourth-order valence-electron chi connectivity index (χ4n) is 3.52. The summed E-state index contributed by atoms with van der Waals surface area (Å²) in [6.45, 7) is 1.79. The maximum Gasteiger partial charge on any atom is 0.318 e. The third-order valence-corrected chi connectivity index (χ3v) is 5.42. The number of aromatic hydroxyl groups is 2. The second-order valence-corrected chi connectivity index (χ2v) is 7.80. The lowest BCUT2D eigenvalue weighted by molar-refractivity contribution is -0.135. The standard InChI is InChI=1S/C28H24O5/c1-18(21-7-8-23-16-26(32-2)12-9-22(23)15-21)28(31)33-27-14-20(13-25(30)17-27)4-3-19-5-10-24(29)11-6-19/h3-18,29-30H,1-2H3. The van der Waals surface area contributed by atoms with Crippen LogP contribution in [0.5, 0.6) is 23.0 Å². The minimum Gasteiger partial charge on any atom is -0.508 e. The second-order valence-electron chi connectivity index (χ2n) is 7.80. The predicted octanol–water partition coefficient (Wildman–Crippen LogP) is 6.14. The zero-order chi connectivity index (χ0) is 23.4. The zero-order valence-electron chi connectivity index (χ0n) is 18.4. The van der Waals surface area contributed by atoms with Crippen LogP contribution >= 0.6 is 0 Å². The molecular formula is C28H24O5. The number of phenols is 2. The summed E-state index contributed by atoms with van der Waals surface area (Å²) in [5, 5.41) is 21.5. The molecule has 0 aliphatic carbocycles. The minimum atomic E-state index is -0.491. The van der Waals surface area contributed by atoms with Gasteiger partial charge in [0.1, 0.15) is 23.0 Å². The van der Waals surface area contributed by atoms with Crippen molar-refractivity contribution in [2.75, 3.05) is 7.11 Å². The highest BCUT2D eigenvalue weighted by molar-refractivity contribution is 5.87. The van der Waals surface area contributed by atoms with Crippen LogP contribution < -0.4 is 9.47 Å².